The van der Waals surface area contributed by atoms with Crippen LogP contribution in [0.15, 0.2) is 18.3 Å². The lowest BCUT2D eigenvalue weighted by atomic mass is 10.0. The maximum Gasteiger partial charge on any atom is 0.320 e. The summed E-state index contributed by atoms with van der Waals surface area (Å²) in [5.74, 6) is 2.07. The fourth-order valence-corrected chi connectivity index (χ4v) is 4.52. The highest BCUT2D eigenvalue weighted by molar-refractivity contribution is 5.91. The highest BCUT2D eigenvalue weighted by Gasteiger charge is 2.29. The van der Waals surface area contributed by atoms with Crippen molar-refractivity contribution in [3.63, 3.8) is 0 Å². The number of aromatic nitrogens is 3. The molecular formula is C22H28N6O3. The Balaban J connectivity index is 1.40. The van der Waals surface area contributed by atoms with Crippen molar-refractivity contribution in [2.24, 2.45) is 0 Å². The third-order valence-electron chi connectivity index (χ3n) is 6.13. The number of nitrogen functional groups attached to an aromatic ring is 1. The standard InChI is InChI=1S/C22H28N6O3/c23-20-18-12-16(29)14-28(21(18)26-22(25-20)31-17-3-1-2-4-17)13-15-5-6-24-19(11-15)27-7-9-30-10-8-27/h5-6,11,17H,1-4,7-10,12-14H2,(H2,23,25,26). The normalized spacial score (nSPS) is 19.5. The molecule has 1 aliphatic carbocycles. The van der Waals surface area contributed by atoms with Gasteiger partial charge in [-0.1, -0.05) is 0 Å². The summed E-state index contributed by atoms with van der Waals surface area (Å²) in [5, 5.41) is 0. The van der Waals surface area contributed by atoms with E-state index in [2.05, 4.69) is 25.9 Å². The van der Waals surface area contributed by atoms with Crippen molar-refractivity contribution < 1.29 is 14.3 Å². The highest BCUT2D eigenvalue weighted by Crippen LogP contribution is 2.32. The number of carbonyl (C=O) groups excluding carboxylic acids is 1. The van der Waals surface area contributed by atoms with Crippen LogP contribution in [-0.2, 0) is 22.5 Å². The van der Waals surface area contributed by atoms with E-state index >= 15 is 0 Å². The van der Waals surface area contributed by atoms with E-state index < -0.39 is 0 Å². The van der Waals surface area contributed by atoms with E-state index in [1.54, 1.807) is 0 Å². The summed E-state index contributed by atoms with van der Waals surface area (Å²) in [4.78, 5) is 30.2. The number of nitrogens with zero attached hydrogens (tertiary/aromatic N) is 5. The zero-order chi connectivity index (χ0) is 21.2. The van der Waals surface area contributed by atoms with E-state index in [4.69, 9.17) is 15.2 Å². The molecule has 2 aliphatic heterocycles. The molecule has 164 valence electrons. The minimum atomic E-state index is 0.106. The second kappa shape index (κ2) is 8.66. The number of nitrogens with two attached hydrogens (primary N) is 1. The fraction of sp³-hybridized carbons (Fsp3) is 0.545. The number of Topliss-reactive ketones (excluding diaryl/α,β-unsaturated/α-hetero) is 1. The van der Waals surface area contributed by atoms with Crippen LogP contribution < -0.4 is 20.3 Å². The predicted octanol–water partition coefficient (Wildman–Crippen LogP) is 1.74. The van der Waals surface area contributed by atoms with Crippen LogP contribution in [0.1, 0.15) is 36.8 Å². The lowest BCUT2D eigenvalue weighted by Crippen LogP contribution is -2.38. The second-order valence-corrected chi connectivity index (χ2v) is 8.41. The number of hydrogen-bond acceptors (Lipinski definition) is 9. The van der Waals surface area contributed by atoms with E-state index in [-0.39, 0.29) is 18.3 Å². The number of morpholine rings is 1. The minimum Gasteiger partial charge on any atom is -0.460 e. The molecule has 0 radical (unpaired) electrons. The molecule has 0 amide bonds. The van der Waals surface area contributed by atoms with Crippen molar-refractivity contribution in [2.75, 3.05) is 48.4 Å². The van der Waals surface area contributed by atoms with Gasteiger partial charge in [-0.25, -0.2) is 4.98 Å². The molecule has 2 fully saturated rings. The van der Waals surface area contributed by atoms with Crippen molar-refractivity contribution >= 4 is 23.2 Å². The number of rotatable bonds is 5. The van der Waals surface area contributed by atoms with Crippen LogP contribution in [-0.4, -0.2) is 59.7 Å². The maximum atomic E-state index is 12.4. The second-order valence-electron chi connectivity index (χ2n) is 8.41. The van der Waals surface area contributed by atoms with Crippen molar-refractivity contribution in [3.05, 3.63) is 29.5 Å². The van der Waals surface area contributed by atoms with Crippen LogP contribution in [0.4, 0.5) is 17.5 Å². The largest absolute Gasteiger partial charge is 0.460 e. The third-order valence-corrected chi connectivity index (χ3v) is 6.13. The average Bonchev–Trinajstić information content (AvgIpc) is 3.28. The van der Waals surface area contributed by atoms with Gasteiger partial charge in [0, 0.05) is 37.8 Å². The van der Waals surface area contributed by atoms with Crippen LogP contribution in [0, 0.1) is 0 Å². The van der Waals surface area contributed by atoms with Crippen LogP contribution in [0.3, 0.4) is 0 Å². The monoisotopic (exact) mass is 424 g/mol. The number of ketones is 1. The quantitative estimate of drug-likeness (QED) is 0.768. The molecule has 4 heterocycles. The average molecular weight is 425 g/mol. The first-order chi connectivity index (χ1) is 15.2. The Morgan fingerprint density at radius 1 is 1.19 bits per heavy atom. The SMILES string of the molecule is Nc1nc(OC2CCCC2)nc2c1CC(=O)CN2Cc1ccnc(N2CCOCC2)c1. The number of ether oxygens (including phenoxy) is 2. The summed E-state index contributed by atoms with van der Waals surface area (Å²) in [5.41, 5.74) is 7.97. The van der Waals surface area contributed by atoms with E-state index in [1.165, 1.54) is 12.8 Å². The number of anilines is 3. The Kier molecular flexibility index (Phi) is 5.59. The van der Waals surface area contributed by atoms with Gasteiger partial charge < -0.3 is 25.0 Å². The molecule has 0 unspecified atom stereocenters. The molecule has 5 rings (SSSR count). The molecule has 0 bridgehead atoms. The maximum absolute atomic E-state index is 12.4. The lowest BCUT2D eigenvalue weighted by Gasteiger charge is -2.31. The summed E-state index contributed by atoms with van der Waals surface area (Å²) in [7, 11) is 0. The van der Waals surface area contributed by atoms with Gasteiger partial charge in [-0.15, -0.1) is 0 Å². The Morgan fingerprint density at radius 2 is 2.00 bits per heavy atom. The summed E-state index contributed by atoms with van der Waals surface area (Å²) < 4.78 is 11.4. The number of fused-ring (bicyclic) bond motifs is 1. The fourth-order valence-electron chi connectivity index (χ4n) is 4.52. The molecule has 9 nitrogen and oxygen atoms in total. The molecule has 0 spiro atoms. The molecule has 2 N–H and O–H groups in total. The third kappa shape index (κ3) is 4.41. The molecule has 0 aromatic carbocycles. The minimum absolute atomic E-state index is 0.106. The van der Waals surface area contributed by atoms with Crippen molar-refractivity contribution in [3.8, 4) is 6.01 Å². The van der Waals surface area contributed by atoms with Gasteiger partial charge in [0.25, 0.3) is 0 Å². The number of pyridine rings is 1. The predicted molar refractivity (Wildman–Crippen MR) is 116 cm³/mol. The van der Waals surface area contributed by atoms with E-state index in [1.807, 2.05) is 17.2 Å². The molecule has 1 saturated carbocycles. The van der Waals surface area contributed by atoms with Gasteiger partial charge in [-0.2, -0.15) is 9.97 Å². The highest BCUT2D eigenvalue weighted by atomic mass is 16.5. The number of hydrogen-bond donors (Lipinski definition) is 1. The first-order valence-electron chi connectivity index (χ1n) is 11.0. The van der Waals surface area contributed by atoms with Gasteiger partial charge in [0.05, 0.1) is 19.8 Å². The van der Waals surface area contributed by atoms with Crippen molar-refractivity contribution in [2.45, 2.75) is 44.8 Å². The molecule has 3 aliphatic rings. The first kappa shape index (κ1) is 20.0. The van der Waals surface area contributed by atoms with E-state index in [0.717, 1.165) is 37.3 Å². The van der Waals surface area contributed by atoms with Crippen molar-refractivity contribution in [1.82, 2.24) is 15.0 Å². The molecular weight excluding hydrogens is 396 g/mol. The Hall–Kier alpha value is -2.94. The molecule has 31 heavy (non-hydrogen) atoms. The van der Waals surface area contributed by atoms with Gasteiger partial charge in [0.1, 0.15) is 23.6 Å². The van der Waals surface area contributed by atoms with Crippen LogP contribution in [0.25, 0.3) is 0 Å². The van der Waals surface area contributed by atoms with Crippen LogP contribution in [0.2, 0.25) is 0 Å². The molecule has 1 saturated heterocycles. The molecule has 9 heteroatoms. The molecule has 2 aromatic rings. The summed E-state index contributed by atoms with van der Waals surface area (Å²) in [6.07, 6.45) is 6.59. The van der Waals surface area contributed by atoms with Gasteiger partial charge >= 0.3 is 6.01 Å². The Morgan fingerprint density at radius 3 is 2.81 bits per heavy atom. The Labute approximate surface area is 181 Å². The van der Waals surface area contributed by atoms with Gasteiger partial charge in [0.15, 0.2) is 5.78 Å². The van der Waals surface area contributed by atoms with Crippen molar-refractivity contribution in [1.29, 1.82) is 0 Å². The summed E-state index contributed by atoms with van der Waals surface area (Å²) in [6, 6.07) is 4.36. The van der Waals surface area contributed by atoms with Gasteiger partial charge in [-0.05, 0) is 43.4 Å². The van der Waals surface area contributed by atoms with Gasteiger partial charge in [0.2, 0.25) is 0 Å². The van der Waals surface area contributed by atoms with E-state index in [0.29, 0.717) is 49.5 Å². The molecule has 2 aromatic heterocycles. The lowest BCUT2D eigenvalue weighted by molar-refractivity contribution is -0.117. The van der Waals surface area contributed by atoms with Crippen LogP contribution in [0.5, 0.6) is 6.01 Å². The number of carbonyl (C=O) groups is 1. The summed E-state index contributed by atoms with van der Waals surface area (Å²) in [6.45, 7) is 3.90. The summed E-state index contributed by atoms with van der Waals surface area (Å²) >= 11 is 0. The molecule has 0 atom stereocenters. The smallest absolute Gasteiger partial charge is 0.320 e. The topological polar surface area (TPSA) is 107 Å². The van der Waals surface area contributed by atoms with Crippen LogP contribution >= 0.6 is 0 Å². The van der Waals surface area contributed by atoms with Gasteiger partial charge in [-0.3, -0.25) is 4.79 Å². The zero-order valence-corrected chi connectivity index (χ0v) is 17.6. The van der Waals surface area contributed by atoms with E-state index in [9.17, 15) is 4.79 Å². The first-order valence-corrected chi connectivity index (χ1v) is 11.0. The zero-order valence-electron chi connectivity index (χ0n) is 17.6. The Bertz CT molecular complexity index is 956.